The van der Waals surface area contributed by atoms with E-state index in [2.05, 4.69) is 10.6 Å². The fourth-order valence-electron chi connectivity index (χ4n) is 2.34. The van der Waals surface area contributed by atoms with Crippen molar-refractivity contribution < 1.29 is 18.7 Å². The highest BCUT2D eigenvalue weighted by Crippen LogP contribution is 2.29. The molecule has 3 aromatic rings. The molecule has 0 aliphatic heterocycles. The Balaban J connectivity index is 1.79. The number of para-hydroxylation sites is 1. The van der Waals surface area contributed by atoms with Gasteiger partial charge in [0.25, 0.3) is 0 Å². The van der Waals surface area contributed by atoms with Crippen LogP contribution in [0, 0.1) is 0 Å². The quantitative estimate of drug-likeness (QED) is 0.485. The number of hydrogen-bond acceptors (Lipinski definition) is 5. The molecule has 0 bridgehead atoms. The Labute approximate surface area is 164 Å². The summed E-state index contributed by atoms with van der Waals surface area (Å²) >= 11 is 7.07. The first kappa shape index (κ1) is 19.1. The number of aromatic amines is 1. The van der Waals surface area contributed by atoms with Gasteiger partial charge in [0.05, 0.1) is 18.0 Å². The lowest BCUT2D eigenvalue weighted by atomic mass is 10.3. The maximum atomic E-state index is 12.6. The highest BCUT2D eigenvalue weighted by atomic mass is 35.5. The molecule has 0 aliphatic carbocycles. The van der Waals surface area contributed by atoms with Crippen molar-refractivity contribution in [2.24, 2.45) is 0 Å². The SMILES string of the molecule is COc1ccc(Cl)cc1NC(=O)C(C)Sc1c(=O)o[nH][n+]1-c1ccccc1. The minimum atomic E-state index is -0.581. The van der Waals surface area contributed by atoms with E-state index in [-0.39, 0.29) is 10.9 Å². The third kappa shape index (κ3) is 4.35. The van der Waals surface area contributed by atoms with Crippen molar-refractivity contribution in [1.82, 2.24) is 5.27 Å². The number of thioether (sulfide) groups is 1. The van der Waals surface area contributed by atoms with Crippen LogP contribution in [0.5, 0.6) is 5.75 Å². The minimum Gasteiger partial charge on any atom is -0.495 e. The van der Waals surface area contributed by atoms with Gasteiger partial charge in [0, 0.05) is 17.2 Å². The number of benzene rings is 2. The first-order valence-corrected chi connectivity index (χ1v) is 9.25. The molecule has 1 unspecified atom stereocenters. The number of nitrogens with zero attached hydrogens (tertiary/aromatic N) is 1. The molecule has 0 fully saturated rings. The molecule has 0 aliphatic rings. The molecule has 0 saturated heterocycles. The van der Waals surface area contributed by atoms with Crippen molar-refractivity contribution in [2.75, 3.05) is 12.4 Å². The van der Waals surface area contributed by atoms with E-state index >= 15 is 0 Å². The second-order valence-electron chi connectivity index (χ2n) is 5.55. The molecule has 2 N–H and O–H groups in total. The number of carbonyl (C=O) groups excluding carboxylic acids is 1. The Bertz CT molecular complexity index is 1000. The molecule has 1 aromatic heterocycles. The zero-order valence-electron chi connectivity index (χ0n) is 14.6. The molecule has 2 aromatic carbocycles. The van der Waals surface area contributed by atoms with Crippen LogP contribution in [-0.4, -0.2) is 23.5 Å². The summed E-state index contributed by atoms with van der Waals surface area (Å²) in [5.74, 6) is 0.186. The molecule has 1 amide bonds. The lowest BCUT2D eigenvalue weighted by Crippen LogP contribution is -2.37. The zero-order valence-corrected chi connectivity index (χ0v) is 16.1. The van der Waals surface area contributed by atoms with E-state index in [9.17, 15) is 9.59 Å². The van der Waals surface area contributed by atoms with E-state index in [4.69, 9.17) is 20.9 Å². The molecule has 3 rings (SSSR count). The van der Waals surface area contributed by atoms with Crippen LogP contribution in [0.1, 0.15) is 6.92 Å². The standard InChI is InChI=1S/C18H16ClN3O4S/c1-11(16(23)20-14-10-12(19)8-9-15(14)25-2)27-17-18(24)26-21-22(17)13-6-4-3-5-7-13/h3-11H,1-2H3,(H-,20,21,23,24)/p+1. The fourth-order valence-corrected chi connectivity index (χ4v) is 3.40. The number of carbonyl (C=O) groups is 1. The molecule has 1 heterocycles. The maximum absolute atomic E-state index is 12.6. The number of aromatic nitrogens is 2. The summed E-state index contributed by atoms with van der Waals surface area (Å²) in [5, 5.41) is 5.48. The van der Waals surface area contributed by atoms with Crippen LogP contribution < -0.4 is 20.4 Å². The van der Waals surface area contributed by atoms with Crippen LogP contribution in [0.15, 0.2) is 62.9 Å². The van der Waals surface area contributed by atoms with E-state index < -0.39 is 10.9 Å². The van der Waals surface area contributed by atoms with Gasteiger partial charge >= 0.3 is 10.7 Å². The number of methoxy groups -OCH3 is 1. The summed E-state index contributed by atoms with van der Waals surface area (Å²) in [6.07, 6.45) is 0. The predicted molar refractivity (Wildman–Crippen MR) is 103 cm³/mol. The average molecular weight is 407 g/mol. The lowest BCUT2D eigenvalue weighted by molar-refractivity contribution is -0.704. The molecule has 0 spiro atoms. The molecule has 7 nitrogen and oxygen atoms in total. The van der Waals surface area contributed by atoms with Crippen LogP contribution >= 0.6 is 23.4 Å². The van der Waals surface area contributed by atoms with Crippen molar-refractivity contribution in [1.29, 1.82) is 0 Å². The number of ether oxygens (including phenoxy) is 1. The predicted octanol–water partition coefficient (Wildman–Crippen LogP) is 3.03. The highest BCUT2D eigenvalue weighted by Gasteiger charge is 2.29. The fraction of sp³-hybridized carbons (Fsp3) is 0.167. The largest absolute Gasteiger partial charge is 0.495 e. The van der Waals surface area contributed by atoms with Gasteiger partial charge in [-0.05, 0) is 46.8 Å². The number of nitrogens with one attached hydrogen (secondary N) is 2. The van der Waals surface area contributed by atoms with Gasteiger partial charge in [-0.2, -0.15) is 0 Å². The Morgan fingerprint density at radius 1 is 1.30 bits per heavy atom. The van der Waals surface area contributed by atoms with E-state index in [0.29, 0.717) is 16.5 Å². The minimum absolute atomic E-state index is 0.266. The summed E-state index contributed by atoms with van der Waals surface area (Å²) < 4.78 is 11.6. The van der Waals surface area contributed by atoms with Gasteiger partial charge in [-0.25, -0.2) is 4.79 Å². The molecular formula is C18H17ClN3O4S+. The third-order valence-corrected chi connectivity index (χ3v) is 5.07. The average Bonchev–Trinajstić information content (AvgIpc) is 3.03. The maximum Gasteiger partial charge on any atom is 0.442 e. The Morgan fingerprint density at radius 2 is 2.04 bits per heavy atom. The van der Waals surface area contributed by atoms with Gasteiger partial charge in [-0.1, -0.05) is 29.8 Å². The number of rotatable bonds is 6. The highest BCUT2D eigenvalue weighted by molar-refractivity contribution is 8.00. The molecule has 27 heavy (non-hydrogen) atoms. The second kappa shape index (κ2) is 8.32. The Morgan fingerprint density at radius 3 is 2.74 bits per heavy atom. The zero-order chi connectivity index (χ0) is 19.4. The lowest BCUT2D eigenvalue weighted by Gasteiger charge is -2.13. The van der Waals surface area contributed by atoms with Crippen molar-refractivity contribution >= 4 is 35.0 Å². The molecular weight excluding hydrogens is 390 g/mol. The van der Waals surface area contributed by atoms with E-state index in [1.54, 1.807) is 25.1 Å². The molecule has 140 valence electrons. The van der Waals surface area contributed by atoms with Crippen molar-refractivity contribution in [3.63, 3.8) is 0 Å². The van der Waals surface area contributed by atoms with Gasteiger partial charge < -0.3 is 10.1 Å². The number of amides is 1. The topological polar surface area (TPSA) is 88.2 Å². The number of H-pyrrole nitrogens is 1. The summed E-state index contributed by atoms with van der Waals surface area (Å²) in [6.45, 7) is 1.69. The van der Waals surface area contributed by atoms with E-state index in [1.807, 2.05) is 30.3 Å². The smallest absolute Gasteiger partial charge is 0.442 e. The van der Waals surface area contributed by atoms with Crippen LogP contribution in [0.3, 0.4) is 0 Å². The van der Waals surface area contributed by atoms with Gasteiger partial charge in [0.1, 0.15) is 5.75 Å². The van der Waals surface area contributed by atoms with Gasteiger partial charge in [-0.15, -0.1) is 0 Å². The molecule has 9 heteroatoms. The van der Waals surface area contributed by atoms with Crippen LogP contribution in [0.2, 0.25) is 5.02 Å². The van der Waals surface area contributed by atoms with Crippen LogP contribution in [-0.2, 0) is 4.79 Å². The summed E-state index contributed by atoms with van der Waals surface area (Å²) in [7, 11) is 1.50. The number of halogens is 1. The molecule has 1 atom stereocenters. The summed E-state index contributed by atoms with van der Waals surface area (Å²) in [4.78, 5) is 24.7. The Hall–Kier alpha value is -2.71. The normalized spacial score (nSPS) is 11.8. The number of hydrogen-bond donors (Lipinski definition) is 2. The first-order valence-electron chi connectivity index (χ1n) is 7.99. The van der Waals surface area contributed by atoms with Crippen molar-refractivity contribution in [2.45, 2.75) is 17.2 Å². The van der Waals surface area contributed by atoms with Crippen LogP contribution in [0.4, 0.5) is 5.69 Å². The van der Waals surface area contributed by atoms with E-state index in [1.165, 1.54) is 11.8 Å². The molecule has 0 radical (unpaired) electrons. The Kier molecular flexibility index (Phi) is 5.88. The van der Waals surface area contributed by atoms with Gasteiger partial charge in [-0.3, -0.25) is 9.32 Å². The van der Waals surface area contributed by atoms with Crippen molar-refractivity contribution in [3.8, 4) is 11.4 Å². The third-order valence-electron chi connectivity index (χ3n) is 3.70. The van der Waals surface area contributed by atoms with E-state index in [0.717, 1.165) is 17.4 Å². The van der Waals surface area contributed by atoms with Crippen molar-refractivity contribution in [3.05, 3.63) is 64.0 Å². The van der Waals surface area contributed by atoms with Gasteiger partial charge in [0.15, 0.2) is 0 Å². The molecule has 0 saturated carbocycles. The van der Waals surface area contributed by atoms with Gasteiger partial charge in [0.2, 0.25) is 11.6 Å². The first-order chi connectivity index (χ1) is 13.0. The summed E-state index contributed by atoms with van der Waals surface area (Å²) in [6, 6.07) is 14.1. The second-order valence-corrected chi connectivity index (χ2v) is 7.32. The monoisotopic (exact) mass is 406 g/mol. The van der Waals surface area contributed by atoms with Crippen LogP contribution in [0.25, 0.3) is 5.69 Å². The number of anilines is 1. The summed E-state index contributed by atoms with van der Waals surface area (Å²) in [5.41, 5.74) is 0.623.